The third kappa shape index (κ3) is 3.66. The average molecular weight is 314 g/mol. The minimum atomic E-state index is 0.351. The highest BCUT2D eigenvalue weighted by atomic mass is 16.5. The smallest absolute Gasteiger partial charge is 0.119 e. The highest BCUT2D eigenvalue weighted by Gasteiger charge is 2.27. The fraction of sp³-hybridized carbons (Fsp3) is 0.474. The Morgan fingerprint density at radius 2 is 1.91 bits per heavy atom. The molecule has 2 N–H and O–H groups in total. The zero-order valence-electron chi connectivity index (χ0n) is 14.0. The first-order valence-corrected chi connectivity index (χ1v) is 8.27. The van der Waals surface area contributed by atoms with Crippen LogP contribution in [0.5, 0.6) is 5.75 Å². The van der Waals surface area contributed by atoms with E-state index in [1.165, 1.54) is 16.3 Å². The first-order chi connectivity index (χ1) is 11.2. The maximum Gasteiger partial charge on any atom is 0.119 e. The van der Waals surface area contributed by atoms with E-state index < -0.39 is 0 Å². The van der Waals surface area contributed by atoms with Gasteiger partial charge in [0.25, 0.3) is 0 Å². The lowest BCUT2D eigenvalue weighted by atomic mass is 9.98. The Labute approximate surface area is 138 Å². The lowest BCUT2D eigenvalue weighted by molar-refractivity contribution is 0.0102. The zero-order valence-corrected chi connectivity index (χ0v) is 14.0. The molecule has 1 aliphatic rings. The number of ether oxygens (including phenoxy) is 2. The molecule has 4 heteroatoms. The van der Waals surface area contributed by atoms with Gasteiger partial charge in [0.05, 0.1) is 13.2 Å². The van der Waals surface area contributed by atoms with E-state index in [4.69, 9.17) is 15.2 Å². The number of methoxy groups -OCH3 is 2. The quantitative estimate of drug-likeness (QED) is 0.922. The van der Waals surface area contributed by atoms with E-state index in [0.717, 1.165) is 31.7 Å². The molecule has 2 aromatic rings. The highest BCUT2D eigenvalue weighted by Crippen LogP contribution is 2.25. The Morgan fingerprint density at radius 1 is 1.13 bits per heavy atom. The molecular weight excluding hydrogens is 288 g/mol. The number of benzene rings is 2. The Kier molecular flexibility index (Phi) is 5.16. The van der Waals surface area contributed by atoms with Crippen LogP contribution in [0.3, 0.4) is 0 Å². The number of hydrogen-bond acceptors (Lipinski definition) is 4. The number of piperidine rings is 1. The maximum atomic E-state index is 5.98. The van der Waals surface area contributed by atoms with E-state index in [2.05, 4.69) is 35.2 Å². The summed E-state index contributed by atoms with van der Waals surface area (Å²) in [6.45, 7) is 2.67. The minimum Gasteiger partial charge on any atom is -0.497 e. The van der Waals surface area contributed by atoms with Gasteiger partial charge in [-0.15, -0.1) is 0 Å². The maximum absolute atomic E-state index is 5.98. The van der Waals surface area contributed by atoms with Gasteiger partial charge >= 0.3 is 0 Å². The van der Waals surface area contributed by atoms with E-state index in [9.17, 15) is 0 Å². The van der Waals surface area contributed by atoms with Gasteiger partial charge < -0.3 is 15.2 Å². The molecule has 3 rings (SSSR count). The van der Waals surface area contributed by atoms with Crippen LogP contribution in [0.4, 0.5) is 0 Å². The normalized spacial score (nSPS) is 22.4. The van der Waals surface area contributed by atoms with E-state index in [-0.39, 0.29) is 0 Å². The molecule has 2 unspecified atom stereocenters. The van der Waals surface area contributed by atoms with Crippen molar-refractivity contribution in [3.05, 3.63) is 42.0 Å². The molecule has 2 aromatic carbocycles. The Morgan fingerprint density at radius 3 is 2.65 bits per heavy atom. The standard InChI is InChI=1S/C19H26N2O2/c1-22-18-6-5-15-9-14(3-4-16(15)10-18)13-21-8-7-19(23-2)11-17(21)12-20/h3-6,9-10,17,19H,7-8,11-13,20H2,1-2H3. The van der Waals surface area contributed by atoms with Gasteiger partial charge in [-0.25, -0.2) is 0 Å². The summed E-state index contributed by atoms with van der Waals surface area (Å²) in [4.78, 5) is 2.49. The van der Waals surface area contributed by atoms with Crippen LogP contribution >= 0.6 is 0 Å². The molecule has 23 heavy (non-hydrogen) atoms. The van der Waals surface area contributed by atoms with Gasteiger partial charge in [0.15, 0.2) is 0 Å². The van der Waals surface area contributed by atoms with Crippen molar-refractivity contribution in [2.24, 2.45) is 5.73 Å². The van der Waals surface area contributed by atoms with Gasteiger partial charge in [0.2, 0.25) is 0 Å². The number of likely N-dealkylation sites (tertiary alicyclic amines) is 1. The molecule has 4 nitrogen and oxygen atoms in total. The van der Waals surface area contributed by atoms with Crippen LogP contribution in [-0.2, 0) is 11.3 Å². The van der Waals surface area contributed by atoms with E-state index >= 15 is 0 Å². The summed E-state index contributed by atoms with van der Waals surface area (Å²) in [6, 6.07) is 13.3. The van der Waals surface area contributed by atoms with Crippen molar-refractivity contribution in [3.63, 3.8) is 0 Å². The van der Waals surface area contributed by atoms with E-state index in [1.807, 2.05) is 6.07 Å². The van der Waals surface area contributed by atoms with Gasteiger partial charge in [0.1, 0.15) is 5.75 Å². The third-order valence-electron chi connectivity index (χ3n) is 4.89. The zero-order chi connectivity index (χ0) is 16.2. The lowest BCUT2D eigenvalue weighted by Crippen LogP contribution is -2.47. The summed E-state index contributed by atoms with van der Waals surface area (Å²) in [5.41, 5.74) is 7.31. The Bertz CT molecular complexity index is 659. The molecular formula is C19H26N2O2. The Balaban J connectivity index is 1.75. The van der Waals surface area contributed by atoms with Gasteiger partial charge in [-0.2, -0.15) is 0 Å². The molecule has 1 saturated heterocycles. The van der Waals surface area contributed by atoms with Crippen LogP contribution < -0.4 is 10.5 Å². The summed E-state index contributed by atoms with van der Waals surface area (Å²) in [7, 11) is 3.50. The van der Waals surface area contributed by atoms with Crippen molar-refractivity contribution >= 4 is 10.8 Å². The number of rotatable bonds is 5. The van der Waals surface area contributed by atoms with Crippen molar-refractivity contribution < 1.29 is 9.47 Å². The average Bonchev–Trinajstić information content (AvgIpc) is 2.61. The van der Waals surface area contributed by atoms with Gasteiger partial charge in [-0.1, -0.05) is 18.2 Å². The second kappa shape index (κ2) is 7.30. The van der Waals surface area contributed by atoms with Crippen molar-refractivity contribution in [1.29, 1.82) is 0 Å². The third-order valence-corrected chi connectivity index (χ3v) is 4.89. The Hall–Kier alpha value is -1.62. The number of hydrogen-bond donors (Lipinski definition) is 1. The SMILES string of the molecule is COc1ccc2cc(CN3CCC(OC)CC3CN)ccc2c1. The topological polar surface area (TPSA) is 47.7 Å². The number of fused-ring (bicyclic) bond motifs is 1. The summed E-state index contributed by atoms with van der Waals surface area (Å²) in [5, 5.41) is 2.46. The lowest BCUT2D eigenvalue weighted by Gasteiger charge is -2.38. The van der Waals surface area contributed by atoms with Crippen LogP contribution in [0.25, 0.3) is 10.8 Å². The first-order valence-electron chi connectivity index (χ1n) is 8.27. The van der Waals surface area contributed by atoms with Crippen molar-refractivity contribution in [3.8, 4) is 5.75 Å². The van der Waals surface area contributed by atoms with Crippen molar-refractivity contribution in [2.75, 3.05) is 27.3 Å². The van der Waals surface area contributed by atoms with E-state index in [1.54, 1.807) is 14.2 Å². The highest BCUT2D eigenvalue weighted by molar-refractivity contribution is 5.84. The summed E-state index contributed by atoms with van der Waals surface area (Å²) < 4.78 is 10.8. The molecule has 1 fully saturated rings. The van der Waals surface area contributed by atoms with Crippen LogP contribution in [0.2, 0.25) is 0 Å². The predicted octanol–water partition coefficient (Wildman–Crippen LogP) is 2.79. The van der Waals surface area contributed by atoms with Crippen LogP contribution in [0.15, 0.2) is 36.4 Å². The fourth-order valence-corrected chi connectivity index (χ4v) is 3.46. The largest absolute Gasteiger partial charge is 0.497 e. The molecule has 0 bridgehead atoms. The summed E-state index contributed by atoms with van der Waals surface area (Å²) in [5.74, 6) is 0.898. The summed E-state index contributed by atoms with van der Waals surface area (Å²) >= 11 is 0. The molecule has 2 atom stereocenters. The van der Waals surface area contributed by atoms with Crippen molar-refractivity contribution in [2.45, 2.75) is 31.5 Å². The second-order valence-corrected chi connectivity index (χ2v) is 6.29. The molecule has 0 aromatic heterocycles. The van der Waals surface area contributed by atoms with Crippen molar-refractivity contribution in [1.82, 2.24) is 4.90 Å². The second-order valence-electron chi connectivity index (χ2n) is 6.29. The summed E-state index contributed by atoms with van der Waals surface area (Å²) in [6.07, 6.45) is 2.46. The van der Waals surface area contributed by atoms with E-state index in [0.29, 0.717) is 18.7 Å². The van der Waals surface area contributed by atoms with Gasteiger partial charge in [-0.05, 0) is 47.4 Å². The molecule has 0 radical (unpaired) electrons. The first kappa shape index (κ1) is 16.2. The number of nitrogens with zero attached hydrogens (tertiary/aromatic N) is 1. The minimum absolute atomic E-state index is 0.351. The van der Waals surface area contributed by atoms with Gasteiger partial charge in [-0.3, -0.25) is 4.90 Å². The van der Waals surface area contributed by atoms with Crippen LogP contribution in [0.1, 0.15) is 18.4 Å². The van der Waals surface area contributed by atoms with Crippen LogP contribution in [-0.4, -0.2) is 44.4 Å². The molecule has 1 heterocycles. The molecule has 0 aliphatic carbocycles. The van der Waals surface area contributed by atoms with Crippen LogP contribution in [0, 0.1) is 0 Å². The van der Waals surface area contributed by atoms with Gasteiger partial charge in [0, 0.05) is 32.8 Å². The monoisotopic (exact) mass is 314 g/mol. The molecule has 124 valence electrons. The molecule has 1 aliphatic heterocycles. The molecule has 0 amide bonds. The fourth-order valence-electron chi connectivity index (χ4n) is 3.46. The molecule has 0 saturated carbocycles. The molecule has 0 spiro atoms. The number of nitrogens with two attached hydrogens (primary N) is 1. The predicted molar refractivity (Wildman–Crippen MR) is 93.8 cm³/mol.